The molecule has 1 nitrogen and oxygen atoms in total. The first kappa shape index (κ1) is 10.6. The molecule has 0 saturated carbocycles. The van der Waals surface area contributed by atoms with E-state index in [9.17, 15) is 0 Å². The molecule has 0 aliphatic heterocycles. The van der Waals surface area contributed by atoms with Crippen molar-refractivity contribution < 1.29 is 5.11 Å². The van der Waals surface area contributed by atoms with Gasteiger partial charge < -0.3 is 5.11 Å². The van der Waals surface area contributed by atoms with Crippen LogP contribution < -0.4 is 0 Å². The summed E-state index contributed by atoms with van der Waals surface area (Å²) in [4.78, 5) is 0. The van der Waals surface area contributed by atoms with Crippen LogP contribution in [-0.2, 0) is 5.75 Å². The monoisotopic (exact) mass is 196 g/mol. The Bertz CT molecular complexity index is 223. The summed E-state index contributed by atoms with van der Waals surface area (Å²) in [5, 5.41) is 9.27. The third-order valence-electron chi connectivity index (χ3n) is 1.91. The maximum absolute atomic E-state index is 8.72. The summed E-state index contributed by atoms with van der Waals surface area (Å²) in [5.41, 5.74) is 1.36. The molecule has 0 spiro atoms. The zero-order valence-electron chi connectivity index (χ0n) is 7.94. The van der Waals surface area contributed by atoms with Crippen molar-refractivity contribution in [2.75, 3.05) is 6.61 Å². The van der Waals surface area contributed by atoms with E-state index in [-0.39, 0.29) is 0 Å². The number of thioether (sulfide) groups is 1. The Morgan fingerprint density at radius 1 is 1.31 bits per heavy atom. The first-order valence-electron chi connectivity index (χ1n) is 4.59. The molecule has 2 heteroatoms. The summed E-state index contributed by atoms with van der Waals surface area (Å²) in [6.07, 6.45) is 0.886. The van der Waals surface area contributed by atoms with Gasteiger partial charge in [0.2, 0.25) is 0 Å². The molecule has 0 amide bonds. The lowest BCUT2D eigenvalue weighted by atomic mass is 10.2. The van der Waals surface area contributed by atoms with Crippen molar-refractivity contribution in [2.45, 2.75) is 24.3 Å². The van der Waals surface area contributed by atoms with E-state index < -0.39 is 0 Å². The molecule has 0 aliphatic rings. The van der Waals surface area contributed by atoms with Crippen molar-refractivity contribution in [2.24, 2.45) is 0 Å². The maximum Gasteiger partial charge on any atom is 0.0441 e. The summed E-state index contributed by atoms with van der Waals surface area (Å²) in [7, 11) is 0. The predicted molar refractivity (Wildman–Crippen MR) is 58.9 cm³/mol. The van der Waals surface area contributed by atoms with Crippen molar-refractivity contribution >= 4 is 11.8 Å². The van der Waals surface area contributed by atoms with Crippen LogP contribution in [0.15, 0.2) is 30.3 Å². The lowest BCUT2D eigenvalue weighted by Gasteiger charge is -2.08. The first-order valence-corrected chi connectivity index (χ1v) is 5.64. The van der Waals surface area contributed by atoms with Crippen LogP contribution in [0.25, 0.3) is 0 Å². The minimum Gasteiger partial charge on any atom is -0.396 e. The molecule has 0 aliphatic carbocycles. The van der Waals surface area contributed by atoms with Crippen LogP contribution in [0.3, 0.4) is 0 Å². The highest BCUT2D eigenvalue weighted by Crippen LogP contribution is 2.19. The highest BCUT2D eigenvalue weighted by atomic mass is 32.2. The Morgan fingerprint density at radius 2 is 2.00 bits per heavy atom. The molecule has 1 atom stereocenters. The number of aliphatic hydroxyl groups excluding tert-OH is 1. The molecule has 1 aromatic carbocycles. The number of rotatable bonds is 5. The van der Waals surface area contributed by atoms with Crippen LogP contribution in [0.1, 0.15) is 18.9 Å². The second-order valence-corrected chi connectivity index (χ2v) is 4.55. The van der Waals surface area contributed by atoms with Crippen LogP contribution in [0.5, 0.6) is 0 Å². The minimum atomic E-state index is 0.295. The van der Waals surface area contributed by atoms with Gasteiger partial charge in [-0.2, -0.15) is 11.8 Å². The largest absolute Gasteiger partial charge is 0.396 e. The van der Waals surface area contributed by atoms with Crippen LogP contribution in [0.4, 0.5) is 0 Å². The van der Waals surface area contributed by atoms with Crippen molar-refractivity contribution in [3.8, 4) is 0 Å². The van der Waals surface area contributed by atoms with Gasteiger partial charge in [0.1, 0.15) is 0 Å². The number of benzene rings is 1. The molecule has 72 valence electrons. The molecule has 0 aromatic heterocycles. The molecule has 0 heterocycles. The fraction of sp³-hybridized carbons (Fsp3) is 0.455. The fourth-order valence-electron chi connectivity index (χ4n) is 1.08. The lowest BCUT2D eigenvalue weighted by Crippen LogP contribution is -1.99. The molecule has 13 heavy (non-hydrogen) atoms. The summed E-state index contributed by atoms with van der Waals surface area (Å²) in [6, 6.07) is 10.4. The smallest absolute Gasteiger partial charge is 0.0441 e. The number of hydrogen-bond donors (Lipinski definition) is 1. The van der Waals surface area contributed by atoms with Crippen molar-refractivity contribution in [3.63, 3.8) is 0 Å². The molecule has 0 fully saturated rings. The SMILES string of the molecule is CC(CCO)SCc1ccccc1. The van der Waals surface area contributed by atoms with Gasteiger partial charge in [0.25, 0.3) is 0 Å². The summed E-state index contributed by atoms with van der Waals surface area (Å²) in [5.74, 6) is 1.04. The molecule has 0 saturated heterocycles. The Labute approximate surface area is 84.2 Å². The lowest BCUT2D eigenvalue weighted by molar-refractivity contribution is 0.289. The summed E-state index contributed by atoms with van der Waals surface area (Å²) < 4.78 is 0. The Morgan fingerprint density at radius 3 is 2.62 bits per heavy atom. The number of hydrogen-bond acceptors (Lipinski definition) is 2. The van der Waals surface area contributed by atoms with Crippen molar-refractivity contribution in [1.29, 1.82) is 0 Å². The van der Waals surface area contributed by atoms with Gasteiger partial charge in [-0.05, 0) is 12.0 Å². The molecule has 1 aromatic rings. The van der Waals surface area contributed by atoms with E-state index in [0.717, 1.165) is 12.2 Å². The van der Waals surface area contributed by atoms with Gasteiger partial charge in [0.15, 0.2) is 0 Å². The van der Waals surface area contributed by atoms with Gasteiger partial charge in [-0.1, -0.05) is 37.3 Å². The van der Waals surface area contributed by atoms with Gasteiger partial charge in [0.05, 0.1) is 0 Å². The highest BCUT2D eigenvalue weighted by Gasteiger charge is 2.01. The second kappa shape index (κ2) is 6.06. The first-order chi connectivity index (χ1) is 6.33. The van der Waals surface area contributed by atoms with E-state index in [1.54, 1.807) is 0 Å². The zero-order chi connectivity index (χ0) is 9.52. The Balaban J connectivity index is 2.27. The van der Waals surface area contributed by atoms with Crippen LogP contribution in [-0.4, -0.2) is 17.0 Å². The second-order valence-electron chi connectivity index (χ2n) is 3.12. The number of aliphatic hydroxyl groups is 1. The molecular formula is C11H16OS. The van der Waals surface area contributed by atoms with E-state index >= 15 is 0 Å². The average molecular weight is 196 g/mol. The van der Waals surface area contributed by atoms with Crippen molar-refractivity contribution in [3.05, 3.63) is 35.9 Å². The van der Waals surface area contributed by atoms with E-state index in [4.69, 9.17) is 5.11 Å². The highest BCUT2D eigenvalue weighted by molar-refractivity contribution is 7.99. The van der Waals surface area contributed by atoms with Gasteiger partial charge in [-0.15, -0.1) is 0 Å². The molecule has 0 radical (unpaired) electrons. The average Bonchev–Trinajstić information content (AvgIpc) is 2.17. The summed E-state index contributed by atoms with van der Waals surface area (Å²) >= 11 is 1.89. The van der Waals surface area contributed by atoms with Crippen LogP contribution in [0, 0.1) is 0 Å². The van der Waals surface area contributed by atoms with E-state index in [1.165, 1.54) is 5.56 Å². The quantitative estimate of drug-likeness (QED) is 0.781. The normalized spacial score (nSPS) is 12.8. The third-order valence-corrected chi connectivity index (χ3v) is 3.22. The predicted octanol–water partition coefficient (Wildman–Crippen LogP) is 2.69. The molecule has 1 unspecified atom stereocenters. The topological polar surface area (TPSA) is 20.2 Å². The molecule has 0 bridgehead atoms. The third kappa shape index (κ3) is 4.34. The van der Waals surface area contributed by atoms with Gasteiger partial charge in [0, 0.05) is 17.6 Å². The standard InChI is InChI=1S/C11H16OS/c1-10(7-8-12)13-9-11-5-3-2-4-6-11/h2-6,10,12H,7-9H2,1H3. The molecular weight excluding hydrogens is 180 g/mol. The van der Waals surface area contributed by atoms with Crippen LogP contribution >= 0.6 is 11.8 Å². The minimum absolute atomic E-state index is 0.295. The Kier molecular flexibility index (Phi) is 4.94. The molecule has 1 N–H and O–H groups in total. The van der Waals surface area contributed by atoms with Crippen molar-refractivity contribution in [1.82, 2.24) is 0 Å². The van der Waals surface area contributed by atoms with Gasteiger partial charge in [-0.3, -0.25) is 0 Å². The van der Waals surface area contributed by atoms with E-state index in [2.05, 4.69) is 31.2 Å². The molecule has 1 rings (SSSR count). The van der Waals surface area contributed by atoms with Crippen LogP contribution in [0.2, 0.25) is 0 Å². The van der Waals surface area contributed by atoms with E-state index in [1.807, 2.05) is 17.8 Å². The van der Waals surface area contributed by atoms with E-state index in [0.29, 0.717) is 11.9 Å². The maximum atomic E-state index is 8.72. The summed E-state index contributed by atoms with van der Waals surface area (Å²) in [6.45, 7) is 2.45. The Hall–Kier alpha value is -0.470. The van der Waals surface area contributed by atoms with Gasteiger partial charge >= 0.3 is 0 Å². The van der Waals surface area contributed by atoms with Gasteiger partial charge in [-0.25, -0.2) is 0 Å². The fourth-order valence-corrected chi connectivity index (χ4v) is 2.02. The zero-order valence-corrected chi connectivity index (χ0v) is 8.76.